The summed E-state index contributed by atoms with van der Waals surface area (Å²) in [5.41, 5.74) is 16.3. The maximum atomic E-state index is 13.7. The SMILES string of the molecule is C[n+]1cccc(C(=O)C=Cc2cc3[nH]c2c(-c2ccccc2)c2nc(c(-c4ccccc4)c4ccc([nH]4)c(-c4ccccc4)c4nc(c3-c3ccccc3)C=C4)C=C2)c1. The van der Waals surface area contributed by atoms with Crippen molar-refractivity contribution >= 4 is 58.2 Å². The van der Waals surface area contributed by atoms with E-state index in [0.717, 1.165) is 94.9 Å². The van der Waals surface area contributed by atoms with Crippen LogP contribution in [0.3, 0.4) is 0 Å². The molecule has 2 aliphatic heterocycles. The zero-order valence-electron chi connectivity index (χ0n) is 32.3. The molecule has 0 spiro atoms. The second-order valence-electron chi connectivity index (χ2n) is 14.7. The van der Waals surface area contributed by atoms with Gasteiger partial charge in [-0.2, -0.15) is 0 Å². The quantitative estimate of drug-likeness (QED) is 0.0964. The van der Waals surface area contributed by atoms with Crippen molar-refractivity contribution in [3.8, 4) is 44.5 Å². The van der Waals surface area contributed by atoms with Crippen molar-refractivity contribution in [2.45, 2.75) is 0 Å². The summed E-state index contributed by atoms with van der Waals surface area (Å²) < 4.78 is 1.88. The highest BCUT2D eigenvalue weighted by atomic mass is 16.1. The van der Waals surface area contributed by atoms with Crippen molar-refractivity contribution in [1.82, 2.24) is 19.9 Å². The lowest BCUT2D eigenvalue weighted by molar-refractivity contribution is -0.671. The van der Waals surface area contributed by atoms with Gasteiger partial charge in [-0.1, -0.05) is 121 Å². The number of rotatable bonds is 7. The third kappa shape index (κ3) is 6.83. The van der Waals surface area contributed by atoms with E-state index in [0.29, 0.717) is 5.56 Å². The smallest absolute Gasteiger partial charge is 0.191 e. The fraction of sp³-hybridized carbons (Fsp3) is 0.0189. The summed E-state index contributed by atoms with van der Waals surface area (Å²) in [4.78, 5) is 32.3. The molecule has 59 heavy (non-hydrogen) atoms. The van der Waals surface area contributed by atoms with Crippen molar-refractivity contribution in [1.29, 1.82) is 0 Å². The van der Waals surface area contributed by atoms with Gasteiger partial charge in [0.05, 0.1) is 33.9 Å². The highest BCUT2D eigenvalue weighted by Crippen LogP contribution is 2.39. The molecular formula is C53H38N5O+. The molecule has 6 heterocycles. The van der Waals surface area contributed by atoms with E-state index in [1.54, 1.807) is 6.08 Å². The summed E-state index contributed by atoms with van der Waals surface area (Å²) in [6.07, 6.45) is 15.7. The molecule has 0 unspecified atom stereocenters. The van der Waals surface area contributed by atoms with E-state index in [1.165, 1.54) is 0 Å². The van der Waals surface area contributed by atoms with E-state index in [-0.39, 0.29) is 5.78 Å². The Morgan fingerprint density at radius 1 is 0.508 bits per heavy atom. The molecule has 0 saturated carbocycles. The minimum Gasteiger partial charge on any atom is -0.354 e. The number of hydrogen-bond acceptors (Lipinski definition) is 3. The van der Waals surface area contributed by atoms with Gasteiger partial charge in [0.15, 0.2) is 18.2 Å². The Balaban J connectivity index is 1.38. The van der Waals surface area contributed by atoms with Crippen molar-refractivity contribution in [2.24, 2.45) is 7.05 Å². The zero-order chi connectivity index (χ0) is 39.7. The Labute approximate surface area is 341 Å². The molecule has 4 aromatic carbocycles. The number of nitrogens with one attached hydrogen (secondary N) is 2. The van der Waals surface area contributed by atoms with Crippen LogP contribution in [-0.2, 0) is 7.05 Å². The van der Waals surface area contributed by atoms with Gasteiger partial charge in [-0.05, 0) is 83.0 Å². The second kappa shape index (κ2) is 15.2. The number of carbonyl (C=O) groups is 1. The molecule has 0 saturated heterocycles. The van der Waals surface area contributed by atoms with E-state index in [1.807, 2.05) is 90.7 Å². The Hall–Kier alpha value is -7.96. The summed E-state index contributed by atoms with van der Waals surface area (Å²) in [7, 11) is 1.92. The molecule has 6 heteroatoms. The van der Waals surface area contributed by atoms with Gasteiger partial charge in [0, 0.05) is 50.4 Å². The van der Waals surface area contributed by atoms with Crippen LogP contribution in [-0.4, -0.2) is 25.7 Å². The van der Waals surface area contributed by atoms with E-state index in [4.69, 9.17) is 9.97 Å². The zero-order valence-corrected chi connectivity index (χ0v) is 32.3. The van der Waals surface area contributed by atoms with Gasteiger partial charge < -0.3 is 9.97 Å². The van der Waals surface area contributed by atoms with Crippen LogP contribution >= 0.6 is 0 Å². The molecule has 8 aromatic rings. The fourth-order valence-electron chi connectivity index (χ4n) is 8.07. The second-order valence-corrected chi connectivity index (χ2v) is 14.7. The molecule has 4 aromatic heterocycles. The first-order valence-corrected chi connectivity index (χ1v) is 19.7. The molecule has 2 aliphatic rings. The number of aromatic amines is 2. The van der Waals surface area contributed by atoms with Crippen molar-refractivity contribution in [3.05, 3.63) is 204 Å². The molecule has 0 fully saturated rings. The van der Waals surface area contributed by atoms with Crippen LogP contribution in [0, 0.1) is 0 Å². The molecule has 0 radical (unpaired) electrons. The Morgan fingerprint density at radius 2 is 0.949 bits per heavy atom. The largest absolute Gasteiger partial charge is 0.354 e. The van der Waals surface area contributed by atoms with Crippen molar-refractivity contribution in [3.63, 3.8) is 0 Å². The first-order valence-electron chi connectivity index (χ1n) is 19.7. The predicted octanol–water partition coefficient (Wildman–Crippen LogP) is 12.0. The first-order chi connectivity index (χ1) is 29.1. The predicted molar refractivity (Wildman–Crippen MR) is 242 cm³/mol. The number of ketones is 1. The van der Waals surface area contributed by atoms with Gasteiger partial charge >= 0.3 is 0 Å². The lowest BCUT2D eigenvalue weighted by Gasteiger charge is -2.07. The molecule has 6 nitrogen and oxygen atoms in total. The molecular weight excluding hydrogens is 723 g/mol. The molecule has 0 amide bonds. The maximum Gasteiger partial charge on any atom is 0.191 e. The third-order valence-corrected chi connectivity index (χ3v) is 10.8. The lowest BCUT2D eigenvalue weighted by Crippen LogP contribution is -2.27. The number of carbonyl (C=O) groups excluding carboxylic acids is 1. The van der Waals surface area contributed by atoms with Gasteiger partial charge in [-0.3, -0.25) is 4.79 Å². The highest BCUT2D eigenvalue weighted by molar-refractivity contribution is 6.08. The lowest BCUT2D eigenvalue weighted by atomic mass is 10.0. The van der Waals surface area contributed by atoms with E-state index in [9.17, 15) is 4.79 Å². The number of hydrogen-bond donors (Lipinski definition) is 2. The molecule has 0 aliphatic carbocycles. The van der Waals surface area contributed by atoms with E-state index < -0.39 is 0 Å². The van der Waals surface area contributed by atoms with Crippen LogP contribution in [0.25, 0.3) is 97.0 Å². The van der Waals surface area contributed by atoms with E-state index >= 15 is 0 Å². The number of pyridine rings is 1. The summed E-state index contributed by atoms with van der Waals surface area (Å²) in [5.74, 6) is -0.0888. The van der Waals surface area contributed by atoms with Gasteiger partial charge in [-0.15, -0.1) is 0 Å². The molecule has 10 rings (SSSR count). The van der Waals surface area contributed by atoms with Crippen LogP contribution in [0.15, 0.2) is 170 Å². The number of allylic oxidation sites excluding steroid dienone is 1. The van der Waals surface area contributed by atoms with Crippen molar-refractivity contribution in [2.75, 3.05) is 0 Å². The van der Waals surface area contributed by atoms with Gasteiger partial charge in [-0.25, -0.2) is 14.5 Å². The van der Waals surface area contributed by atoms with Crippen LogP contribution in [0.2, 0.25) is 0 Å². The minimum atomic E-state index is -0.0888. The number of fused-ring (bicyclic) bond motifs is 8. The van der Waals surface area contributed by atoms with Gasteiger partial charge in [0.1, 0.15) is 7.05 Å². The van der Waals surface area contributed by atoms with Crippen LogP contribution in [0.1, 0.15) is 38.7 Å². The summed E-state index contributed by atoms with van der Waals surface area (Å²) in [6, 6.07) is 51.7. The summed E-state index contributed by atoms with van der Waals surface area (Å²) in [6.45, 7) is 0. The highest BCUT2D eigenvalue weighted by Gasteiger charge is 2.20. The minimum absolute atomic E-state index is 0.0888. The molecule has 2 N–H and O–H groups in total. The monoisotopic (exact) mass is 760 g/mol. The number of aromatic nitrogens is 5. The number of nitrogens with zero attached hydrogens (tertiary/aromatic N) is 3. The van der Waals surface area contributed by atoms with Crippen LogP contribution < -0.4 is 4.57 Å². The number of H-pyrrole nitrogens is 2. The Kier molecular flexibility index (Phi) is 9.12. The molecule has 8 bridgehead atoms. The third-order valence-electron chi connectivity index (χ3n) is 10.8. The maximum absolute atomic E-state index is 13.7. The Morgan fingerprint density at radius 3 is 1.42 bits per heavy atom. The van der Waals surface area contributed by atoms with Crippen LogP contribution in [0.5, 0.6) is 0 Å². The summed E-state index contributed by atoms with van der Waals surface area (Å²) >= 11 is 0. The average molecular weight is 761 g/mol. The van der Waals surface area contributed by atoms with Gasteiger partial charge in [0.2, 0.25) is 0 Å². The first kappa shape index (κ1) is 35.5. The average Bonchev–Trinajstić information content (AvgIpc) is 4.12. The fourth-order valence-corrected chi connectivity index (χ4v) is 8.07. The van der Waals surface area contributed by atoms with Gasteiger partial charge in [0.25, 0.3) is 0 Å². The number of benzene rings is 4. The normalized spacial score (nSPS) is 12.0. The van der Waals surface area contributed by atoms with Crippen molar-refractivity contribution < 1.29 is 9.36 Å². The summed E-state index contributed by atoms with van der Waals surface area (Å²) in [5, 5.41) is 0. The molecule has 280 valence electrons. The Bertz CT molecular complexity index is 3160. The van der Waals surface area contributed by atoms with Crippen LogP contribution in [0.4, 0.5) is 0 Å². The number of aryl methyl sites for hydroxylation is 1. The topological polar surface area (TPSA) is 78.3 Å². The standard InChI is InChI=1S/C53H37N5O/c1-58-32-14-23-40(34-58)48(59)31-24-39-33-47-51(37-19-10-4-11-20-37)45-28-27-43(55-45)49(35-15-6-2-7-16-35)41-25-26-42(54-41)50(36-17-8-3-9-18-36)44-29-30-46(56-44)52(53(39)57-47)38-21-12-5-13-22-38/h2-34H,1H3,(H-,54,55,56,57,59)/p+1. The van der Waals surface area contributed by atoms with E-state index in [2.05, 4.69) is 125 Å². The molecule has 0 atom stereocenters.